The fourth-order valence-corrected chi connectivity index (χ4v) is 3.81. The molecule has 0 bridgehead atoms. The van der Waals surface area contributed by atoms with Crippen LogP contribution in [0.1, 0.15) is 44.9 Å². The van der Waals surface area contributed by atoms with Gasteiger partial charge in [0.15, 0.2) is 0 Å². The Hall–Kier alpha value is -0.0800. The van der Waals surface area contributed by atoms with Gasteiger partial charge in [-0.3, -0.25) is 4.90 Å². The van der Waals surface area contributed by atoms with Crippen LogP contribution in [-0.4, -0.2) is 36.1 Å². The van der Waals surface area contributed by atoms with Crippen molar-refractivity contribution in [3.05, 3.63) is 0 Å². The van der Waals surface area contributed by atoms with Crippen LogP contribution in [-0.2, 0) is 0 Å². The molecule has 3 fully saturated rings. The lowest BCUT2D eigenvalue weighted by molar-refractivity contribution is 0.0897. The number of nitrogens with zero attached hydrogens (tertiary/aromatic N) is 1. The minimum Gasteiger partial charge on any atom is -0.311 e. The Labute approximate surface area is 87.0 Å². The van der Waals surface area contributed by atoms with Crippen molar-refractivity contribution >= 4 is 0 Å². The minimum absolute atomic E-state index is 0.837. The SMILES string of the molecule is C1CCC(N2CCN[C@H]3CCC[C@@H]32)C1. The summed E-state index contributed by atoms with van der Waals surface area (Å²) in [6, 6.07) is 2.68. The Balaban J connectivity index is 1.70. The Kier molecular flexibility index (Phi) is 2.50. The Bertz CT molecular complexity index is 198. The third kappa shape index (κ3) is 1.49. The highest BCUT2D eigenvalue weighted by atomic mass is 15.3. The molecule has 14 heavy (non-hydrogen) atoms. The number of hydrogen-bond acceptors (Lipinski definition) is 2. The fraction of sp³-hybridized carbons (Fsp3) is 1.00. The molecule has 0 amide bonds. The van der Waals surface area contributed by atoms with Crippen molar-refractivity contribution in [3.63, 3.8) is 0 Å². The van der Waals surface area contributed by atoms with E-state index in [2.05, 4.69) is 10.2 Å². The van der Waals surface area contributed by atoms with Gasteiger partial charge < -0.3 is 5.32 Å². The monoisotopic (exact) mass is 194 g/mol. The third-order valence-corrected chi connectivity index (χ3v) is 4.48. The molecule has 0 unspecified atom stereocenters. The van der Waals surface area contributed by atoms with Crippen LogP contribution >= 0.6 is 0 Å². The van der Waals surface area contributed by atoms with E-state index >= 15 is 0 Å². The van der Waals surface area contributed by atoms with Crippen LogP contribution < -0.4 is 5.32 Å². The summed E-state index contributed by atoms with van der Waals surface area (Å²) < 4.78 is 0. The highest BCUT2D eigenvalue weighted by Gasteiger charge is 2.38. The summed E-state index contributed by atoms with van der Waals surface area (Å²) in [7, 11) is 0. The van der Waals surface area contributed by atoms with Crippen LogP contribution in [0.15, 0.2) is 0 Å². The second kappa shape index (κ2) is 3.82. The van der Waals surface area contributed by atoms with Gasteiger partial charge in [0.25, 0.3) is 0 Å². The molecule has 80 valence electrons. The highest BCUT2D eigenvalue weighted by molar-refractivity contribution is 4.97. The van der Waals surface area contributed by atoms with E-state index in [9.17, 15) is 0 Å². The van der Waals surface area contributed by atoms with Crippen molar-refractivity contribution < 1.29 is 0 Å². The maximum absolute atomic E-state index is 3.69. The van der Waals surface area contributed by atoms with Crippen molar-refractivity contribution in [1.29, 1.82) is 0 Å². The average molecular weight is 194 g/mol. The van der Waals surface area contributed by atoms with Gasteiger partial charge in [-0.25, -0.2) is 0 Å². The third-order valence-electron chi connectivity index (χ3n) is 4.48. The van der Waals surface area contributed by atoms with Gasteiger partial charge in [0.1, 0.15) is 0 Å². The first-order valence-electron chi connectivity index (χ1n) is 6.44. The molecule has 0 aromatic heterocycles. The van der Waals surface area contributed by atoms with E-state index in [1.165, 1.54) is 58.0 Å². The quantitative estimate of drug-likeness (QED) is 0.684. The molecule has 1 heterocycles. The first-order chi connectivity index (χ1) is 6.95. The number of nitrogens with one attached hydrogen (secondary N) is 1. The molecule has 0 radical (unpaired) electrons. The van der Waals surface area contributed by atoms with Gasteiger partial charge in [-0.05, 0) is 25.7 Å². The zero-order valence-electron chi connectivity index (χ0n) is 9.04. The Morgan fingerprint density at radius 3 is 2.64 bits per heavy atom. The summed E-state index contributed by atoms with van der Waals surface area (Å²) in [6.45, 7) is 2.55. The maximum Gasteiger partial charge on any atom is 0.0252 e. The lowest BCUT2D eigenvalue weighted by atomic mass is 10.0. The number of piperazine rings is 1. The van der Waals surface area contributed by atoms with E-state index in [0.29, 0.717) is 0 Å². The van der Waals surface area contributed by atoms with E-state index in [0.717, 1.165) is 18.1 Å². The zero-order chi connectivity index (χ0) is 9.38. The van der Waals surface area contributed by atoms with E-state index in [1.54, 1.807) is 0 Å². The summed E-state index contributed by atoms with van der Waals surface area (Å²) in [5, 5.41) is 3.69. The second-order valence-corrected chi connectivity index (χ2v) is 5.23. The molecule has 0 spiro atoms. The normalized spacial score (nSPS) is 40.3. The van der Waals surface area contributed by atoms with Crippen LogP contribution in [0.4, 0.5) is 0 Å². The first kappa shape index (κ1) is 9.17. The topological polar surface area (TPSA) is 15.3 Å². The molecule has 1 aliphatic heterocycles. The molecule has 3 aliphatic rings. The molecular formula is C12H22N2. The molecule has 2 nitrogen and oxygen atoms in total. The van der Waals surface area contributed by atoms with Crippen LogP contribution in [0.2, 0.25) is 0 Å². The van der Waals surface area contributed by atoms with Crippen molar-refractivity contribution in [2.24, 2.45) is 0 Å². The van der Waals surface area contributed by atoms with Crippen LogP contribution in [0.25, 0.3) is 0 Å². The van der Waals surface area contributed by atoms with E-state index < -0.39 is 0 Å². The molecule has 1 saturated heterocycles. The molecule has 1 N–H and O–H groups in total. The number of hydrogen-bond donors (Lipinski definition) is 1. The van der Waals surface area contributed by atoms with E-state index in [4.69, 9.17) is 0 Å². The second-order valence-electron chi connectivity index (χ2n) is 5.23. The largest absolute Gasteiger partial charge is 0.311 e. The molecule has 2 heteroatoms. The molecule has 3 rings (SSSR count). The lowest BCUT2D eigenvalue weighted by Gasteiger charge is -2.42. The highest BCUT2D eigenvalue weighted by Crippen LogP contribution is 2.32. The van der Waals surface area contributed by atoms with Gasteiger partial charge >= 0.3 is 0 Å². The minimum atomic E-state index is 0.837. The van der Waals surface area contributed by atoms with Crippen molar-refractivity contribution in [1.82, 2.24) is 10.2 Å². The van der Waals surface area contributed by atoms with E-state index in [-0.39, 0.29) is 0 Å². The molecule has 0 aromatic carbocycles. The number of rotatable bonds is 1. The lowest BCUT2D eigenvalue weighted by Crippen LogP contribution is -2.57. The van der Waals surface area contributed by atoms with Crippen LogP contribution in [0, 0.1) is 0 Å². The standard InChI is InChI=1S/C12H22N2/c1-2-5-10(4-1)14-9-8-13-11-6-3-7-12(11)14/h10-13H,1-9H2/t11-,12-/m0/s1. The Morgan fingerprint density at radius 2 is 1.79 bits per heavy atom. The van der Waals surface area contributed by atoms with Gasteiger partial charge in [0.2, 0.25) is 0 Å². The Morgan fingerprint density at radius 1 is 0.929 bits per heavy atom. The van der Waals surface area contributed by atoms with Gasteiger partial charge in [-0.15, -0.1) is 0 Å². The molecule has 2 saturated carbocycles. The molecule has 2 aliphatic carbocycles. The molecule has 0 aromatic rings. The van der Waals surface area contributed by atoms with Crippen molar-refractivity contribution in [2.45, 2.75) is 63.1 Å². The maximum atomic E-state index is 3.69. The first-order valence-corrected chi connectivity index (χ1v) is 6.44. The van der Waals surface area contributed by atoms with Crippen molar-refractivity contribution in [2.75, 3.05) is 13.1 Å². The summed E-state index contributed by atoms with van der Waals surface area (Å²) >= 11 is 0. The summed E-state index contributed by atoms with van der Waals surface area (Å²) in [4.78, 5) is 2.85. The predicted octanol–water partition coefficient (Wildman–Crippen LogP) is 1.76. The summed E-state index contributed by atoms with van der Waals surface area (Å²) in [6.07, 6.45) is 10.2. The average Bonchev–Trinajstić information content (AvgIpc) is 2.88. The molecular weight excluding hydrogens is 172 g/mol. The van der Waals surface area contributed by atoms with Crippen molar-refractivity contribution in [3.8, 4) is 0 Å². The van der Waals surface area contributed by atoms with Gasteiger partial charge in [-0.1, -0.05) is 19.3 Å². The van der Waals surface area contributed by atoms with Gasteiger partial charge in [0.05, 0.1) is 0 Å². The van der Waals surface area contributed by atoms with Crippen LogP contribution in [0.5, 0.6) is 0 Å². The zero-order valence-corrected chi connectivity index (χ0v) is 9.04. The van der Waals surface area contributed by atoms with Gasteiger partial charge in [0, 0.05) is 31.2 Å². The number of fused-ring (bicyclic) bond motifs is 1. The van der Waals surface area contributed by atoms with Crippen LogP contribution in [0.3, 0.4) is 0 Å². The molecule has 2 atom stereocenters. The summed E-state index contributed by atoms with van der Waals surface area (Å²) in [5.41, 5.74) is 0. The smallest absolute Gasteiger partial charge is 0.0252 e. The summed E-state index contributed by atoms with van der Waals surface area (Å²) in [5.74, 6) is 0. The predicted molar refractivity (Wildman–Crippen MR) is 58.4 cm³/mol. The van der Waals surface area contributed by atoms with Gasteiger partial charge in [-0.2, -0.15) is 0 Å². The fourth-order valence-electron chi connectivity index (χ4n) is 3.81. The van der Waals surface area contributed by atoms with E-state index in [1.807, 2.05) is 0 Å².